The Labute approximate surface area is 95.6 Å². The summed E-state index contributed by atoms with van der Waals surface area (Å²) < 4.78 is 13.5. The highest BCUT2D eigenvalue weighted by molar-refractivity contribution is 9.10. The van der Waals surface area contributed by atoms with Crippen LogP contribution in [0, 0.1) is 5.82 Å². The summed E-state index contributed by atoms with van der Waals surface area (Å²) >= 11 is 3.06. The van der Waals surface area contributed by atoms with Crippen molar-refractivity contribution in [3.8, 4) is 0 Å². The van der Waals surface area contributed by atoms with Crippen molar-refractivity contribution in [3.05, 3.63) is 46.2 Å². The van der Waals surface area contributed by atoms with Gasteiger partial charge in [-0.05, 0) is 46.5 Å². The standard InChI is InChI=1S/C11H10BrFO2/c12-9-6-5-8(7-10(9)13)3-1-2-4-11(14)15/h2,4-7H,1,3H2,(H,14,15)/b4-2+. The van der Waals surface area contributed by atoms with Crippen molar-refractivity contribution in [1.29, 1.82) is 0 Å². The van der Waals surface area contributed by atoms with E-state index in [-0.39, 0.29) is 5.82 Å². The molecule has 1 aromatic rings. The van der Waals surface area contributed by atoms with Gasteiger partial charge in [0.1, 0.15) is 5.82 Å². The lowest BCUT2D eigenvalue weighted by molar-refractivity contribution is -0.131. The lowest BCUT2D eigenvalue weighted by Gasteiger charge is -1.99. The van der Waals surface area contributed by atoms with E-state index in [2.05, 4.69) is 15.9 Å². The zero-order valence-corrected chi connectivity index (χ0v) is 9.50. The molecule has 4 heteroatoms. The summed E-state index contributed by atoms with van der Waals surface area (Å²) in [5, 5.41) is 8.34. The maximum Gasteiger partial charge on any atom is 0.327 e. The number of rotatable bonds is 4. The maximum atomic E-state index is 13.1. The van der Waals surface area contributed by atoms with Crippen molar-refractivity contribution in [2.75, 3.05) is 0 Å². The second-order valence-corrected chi connectivity index (χ2v) is 3.88. The zero-order chi connectivity index (χ0) is 11.3. The van der Waals surface area contributed by atoms with Gasteiger partial charge in [0, 0.05) is 6.08 Å². The predicted octanol–water partition coefficient (Wildman–Crippen LogP) is 3.16. The Balaban J connectivity index is 2.51. The summed E-state index contributed by atoms with van der Waals surface area (Å²) in [5.41, 5.74) is 0.853. The quantitative estimate of drug-likeness (QED) is 0.855. The smallest absolute Gasteiger partial charge is 0.327 e. The van der Waals surface area contributed by atoms with Crippen LogP contribution in [-0.2, 0) is 11.2 Å². The molecule has 0 saturated heterocycles. The number of aryl methyl sites for hydroxylation is 1. The molecule has 1 rings (SSSR count). The molecule has 0 aliphatic rings. The number of halogens is 2. The Morgan fingerprint density at radius 3 is 2.87 bits per heavy atom. The van der Waals surface area contributed by atoms with Crippen LogP contribution in [0.5, 0.6) is 0 Å². The Kier molecular flexibility index (Phi) is 4.49. The molecular weight excluding hydrogens is 263 g/mol. The maximum absolute atomic E-state index is 13.1. The summed E-state index contributed by atoms with van der Waals surface area (Å²) in [7, 11) is 0. The summed E-state index contributed by atoms with van der Waals surface area (Å²) in [6.45, 7) is 0. The van der Waals surface area contributed by atoms with Crippen LogP contribution in [0.3, 0.4) is 0 Å². The van der Waals surface area contributed by atoms with Gasteiger partial charge in [0.15, 0.2) is 0 Å². The van der Waals surface area contributed by atoms with Gasteiger partial charge in [0.25, 0.3) is 0 Å². The molecule has 15 heavy (non-hydrogen) atoms. The molecule has 0 spiro atoms. The average molecular weight is 273 g/mol. The van der Waals surface area contributed by atoms with Crippen molar-refractivity contribution in [2.24, 2.45) is 0 Å². The second-order valence-electron chi connectivity index (χ2n) is 3.03. The van der Waals surface area contributed by atoms with E-state index < -0.39 is 5.97 Å². The molecule has 0 fully saturated rings. The van der Waals surface area contributed by atoms with Gasteiger partial charge in [-0.2, -0.15) is 0 Å². The van der Waals surface area contributed by atoms with Crippen molar-refractivity contribution < 1.29 is 14.3 Å². The monoisotopic (exact) mass is 272 g/mol. The van der Waals surface area contributed by atoms with E-state index in [4.69, 9.17) is 5.11 Å². The van der Waals surface area contributed by atoms with Gasteiger partial charge in [-0.25, -0.2) is 9.18 Å². The van der Waals surface area contributed by atoms with Crippen LogP contribution < -0.4 is 0 Å². The first-order valence-corrected chi connectivity index (χ1v) is 5.22. The third-order valence-corrected chi connectivity index (χ3v) is 2.49. The molecule has 1 N–H and O–H groups in total. The molecule has 0 saturated carbocycles. The van der Waals surface area contributed by atoms with Crippen LogP contribution in [0.1, 0.15) is 12.0 Å². The van der Waals surface area contributed by atoms with Crippen molar-refractivity contribution in [3.63, 3.8) is 0 Å². The minimum Gasteiger partial charge on any atom is -0.478 e. The fourth-order valence-corrected chi connectivity index (χ4v) is 1.38. The predicted molar refractivity (Wildman–Crippen MR) is 59.2 cm³/mol. The minimum atomic E-state index is -0.961. The molecule has 80 valence electrons. The fraction of sp³-hybridized carbons (Fsp3) is 0.182. The second kappa shape index (κ2) is 5.66. The number of allylic oxidation sites excluding steroid dienone is 1. The van der Waals surface area contributed by atoms with Gasteiger partial charge >= 0.3 is 5.97 Å². The van der Waals surface area contributed by atoms with Gasteiger partial charge in [-0.3, -0.25) is 0 Å². The molecule has 1 aromatic carbocycles. The first-order valence-electron chi connectivity index (χ1n) is 4.43. The molecule has 0 aliphatic carbocycles. The van der Waals surface area contributed by atoms with Gasteiger partial charge in [0.05, 0.1) is 4.47 Å². The van der Waals surface area contributed by atoms with Crippen LogP contribution in [0.15, 0.2) is 34.8 Å². The van der Waals surface area contributed by atoms with Crippen molar-refractivity contribution >= 4 is 21.9 Å². The lowest BCUT2D eigenvalue weighted by Crippen LogP contribution is -1.88. The highest BCUT2D eigenvalue weighted by atomic mass is 79.9. The molecule has 0 atom stereocenters. The normalized spacial score (nSPS) is 10.8. The summed E-state index contributed by atoms with van der Waals surface area (Å²) in [5.74, 6) is -1.26. The van der Waals surface area contributed by atoms with Gasteiger partial charge in [-0.1, -0.05) is 12.1 Å². The summed E-state index contributed by atoms with van der Waals surface area (Å²) in [6.07, 6.45) is 3.87. The van der Waals surface area contributed by atoms with Crippen LogP contribution in [0.25, 0.3) is 0 Å². The minimum absolute atomic E-state index is 0.297. The van der Waals surface area contributed by atoms with Crippen molar-refractivity contribution in [1.82, 2.24) is 0 Å². The van der Waals surface area contributed by atoms with Crippen LogP contribution in [-0.4, -0.2) is 11.1 Å². The summed E-state index contributed by atoms with van der Waals surface area (Å²) in [6, 6.07) is 4.89. The van der Waals surface area contributed by atoms with E-state index in [0.29, 0.717) is 17.3 Å². The van der Waals surface area contributed by atoms with E-state index in [9.17, 15) is 9.18 Å². The fourth-order valence-electron chi connectivity index (χ4n) is 1.13. The first-order chi connectivity index (χ1) is 7.09. The number of hydrogen-bond acceptors (Lipinski definition) is 1. The van der Waals surface area contributed by atoms with E-state index in [0.717, 1.165) is 11.6 Å². The molecule has 0 aromatic heterocycles. The van der Waals surface area contributed by atoms with Crippen molar-refractivity contribution in [2.45, 2.75) is 12.8 Å². The van der Waals surface area contributed by atoms with Gasteiger partial charge in [-0.15, -0.1) is 0 Å². The largest absolute Gasteiger partial charge is 0.478 e. The molecule has 0 heterocycles. The molecule has 2 nitrogen and oxygen atoms in total. The highest BCUT2D eigenvalue weighted by Crippen LogP contribution is 2.17. The van der Waals surface area contributed by atoms with E-state index in [1.54, 1.807) is 12.1 Å². The third-order valence-electron chi connectivity index (χ3n) is 1.84. The summed E-state index contributed by atoms with van der Waals surface area (Å²) in [4.78, 5) is 10.2. The Morgan fingerprint density at radius 1 is 1.53 bits per heavy atom. The van der Waals surface area contributed by atoms with Gasteiger partial charge in [0.2, 0.25) is 0 Å². The highest BCUT2D eigenvalue weighted by Gasteiger charge is 1.99. The zero-order valence-electron chi connectivity index (χ0n) is 7.91. The SMILES string of the molecule is O=C(O)/C=C/CCc1ccc(Br)c(F)c1. The number of benzene rings is 1. The topological polar surface area (TPSA) is 37.3 Å². The Hall–Kier alpha value is -1.16. The Morgan fingerprint density at radius 2 is 2.27 bits per heavy atom. The van der Waals surface area contributed by atoms with Crippen LogP contribution >= 0.6 is 15.9 Å². The van der Waals surface area contributed by atoms with E-state index in [1.165, 1.54) is 6.07 Å². The number of hydrogen-bond donors (Lipinski definition) is 1. The van der Waals surface area contributed by atoms with Gasteiger partial charge < -0.3 is 5.11 Å². The number of carbonyl (C=O) groups is 1. The molecule has 0 amide bonds. The van der Waals surface area contributed by atoms with Crippen LogP contribution in [0.2, 0.25) is 0 Å². The van der Waals surface area contributed by atoms with Crippen LogP contribution in [0.4, 0.5) is 4.39 Å². The molecule has 0 unspecified atom stereocenters. The molecule has 0 radical (unpaired) electrons. The average Bonchev–Trinajstić information content (AvgIpc) is 2.18. The number of aliphatic carboxylic acids is 1. The lowest BCUT2D eigenvalue weighted by atomic mass is 10.1. The molecule has 0 aliphatic heterocycles. The van der Waals surface area contributed by atoms with E-state index in [1.807, 2.05) is 6.07 Å². The molecule has 0 bridgehead atoms. The molecular formula is C11H10BrFO2. The first kappa shape index (κ1) is 11.9. The third kappa shape index (κ3) is 4.25. The Bertz CT molecular complexity index is 388. The van der Waals surface area contributed by atoms with E-state index >= 15 is 0 Å². The number of carboxylic acids is 1. The number of carboxylic acid groups (broad SMARTS) is 1.